The zero-order valence-corrected chi connectivity index (χ0v) is 12.6. The predicted molar refractivity (Wildman–Crippen MR) is 79.3 cm³/mol. The maximum Gasteiger partial charge on any atom is 0.138 e. The summed E-state index contributed by atoms with van der Waals surface area (Å²) in [4.78, 5) is 4.25. The van der Waals surface area contributed by atoms with Crippen LogP contribution < -0.4 is 0 Å². The average molecular weight is 284 g/mol. The van der Waals surface area contributed by atoms with E-state index in [1.54, 1.807) is 25.1 Å². The van der Waals surface area contributed by atoms with Gasteiger partial charge in [-0.3, -0.25) is 0 Å². The number of aliphatic hydroxyl groups is 1. The highest BCUT2D eigenvalue weighted by Crippen LogP contribution is 2.25. The summed E-state index contributed by atoms with van der Waals surface area (Å²) in [6, 6.07) is 9.13. The zero-order chi connectivity index (χ0) is 15.5. The van der Waals surface area contributed by atoms with Gasteiger partial charge in [-0.25, -0.2) is 9.67 Å². The maximum atomic E-state index is 10.7. The summed E-state index contributed by atoms with van der Waals surface area (Å²) in [5.41, 5.74) is 0.159. The predicted octanol–water partition coefficient (Wildman–Crippen LogP) is 2.26. The Balaban J connectivity index is 2.25. The Bertz CT molecular complexity index is 652. The molecule has 0 aliphatic carbocycles. The fourth-order valence-corrected chi connectivity index (χ4v) is 2.26. The van der Waals surface area contributed by atoms with Crippen molar-refractivity contribution < 1.29 is 5.11 Å². The summed E-state index contributed by atoms with van der Waals surface area (Å²) < 4.78 is 1.83. The molecular weight excluding hydrogens is 264 g/mol. The molecule has 1 heterocycles. The van der Waals surface area contributed by atoms with E-state index in [1.807, 2.05) is 10.7 Å². The van der Waals surface area contributed by atoms with Crippen LogP contribution in [0.15, 0.2) is 30.6 Å². The molecule has 1 aromatic heterocycles. The normalized spacial score (nSPS) is 13.9. The first-order chi connectivity index (χ1) is 9.92. The largest absolute Gasteiger partial charge is 0.385 e. The van der Waals surface area contributed by atoms with Crippen molar-refractivity contribution in [2.45, 2.75) is 39.3 Å². The van der Waals surface area contributed by atoms with Crippen molar-refractivity contribution >= 4 is 0 Å². The summed E-state index contributed by atoms with van der Waals surface area (Å²) in [5, 5.41) is 23.9. The van der Waals surface area contributed by atoms with Crippen LogP contribution in [0.1, 0.15) is 37.7 Å². The van der Waals surface area contributed by atoms with Crippen LogP contribution in [0, 0.1) is 17.2 Å². The molecule has 5 heteroatoms. The quantitative estimate of drug-likeness (QED) is 0.913. The van der Waals surface area contributed by atoms with Gasteiger partial charge >= 0.3 is 0 Å². The zero-order valence-electron chi connectivity index (χ0n) is 12.6. The molecule has 1 unspecified atom stereocenters. The lowest BCUT2D eigenvalue weighted by Crippen LogP contribution is -2.27. The van der Waals surface area contributed by atoms with E-state index >= 15 is 0 Å². The number of nitriles is 1. The van der Waals surface area contributed by atoms with Gasteiger partial charge in [0.05, 0.1) is 17.2 Å². The molecule has 0 spiro atoms. The van der Waals surface area contributed by atoms with Crippen LogP contribution in [0.4, 0.5) is 0 Å². The summed E-state index contributed by atoms with van der Waals surface area (Å²) in [6.07, 6.45) is 1.87. The van der Waals surface area contributed by atoms with Crippen molar-refractivity contribution in [1.82, 2.24) is 14.8 Å². The number of hydrogen-bond acceptors (Lipinski definition) is 4. The molecule has 0 aliphatic rings. The standard InChI is InChI=1S/C16H20N4O/c1-12(2)10-20-15(18-11-19-20)8-16(3,21)14-6-4-5-13(7-14)9-17/h4-7,11-12,21H,8,10H2,1-3H3. The van der Waals surface area contributed by atoms with E-state index in [0.29, 0.717) is 23.5 Å². The van der Waals surface area contributed by atoms with Gasteiger partial charge in [0, 0.05) is 13.0 Å². The Labute approximate surface area is 124 Å². The van der Waals surface area contributed by atoms with E-state index in [2.05, 4.69) is 30.0 Å². The van der Waals surface area contributed by atoms with Crippen molar-refractivity contribution in [1.29, 1.82) is 5.26 Å². The van der Waals surface area contributed by atoms with Crippen molar-refractivity contribution in [2.75, 3.05) is 0 Å². The van der Waals surface area contributed by atoms with Gasteiger partial charge in [0.25, 0.3) is 0 Å². The molecule has 110 valence electrons. The minimum Gasteiger partial charge on any atom is -0.385 e. The second-order valence-corrected chi connectivity index (χ2v) is 5.90. The topological polar surface area (TPSA) is 74.7 Å². The fourth-order valence-electron chi connectivity index (χ4n) is 2.26. The van der Waals surface area contributed by atoms with Crippen molar-refractivity contribution in [3.05, 3.63) is 47.5 Å². The number of nitrogens with zero attached hydrogens (tertiary/aromatic N) is 4. The Hall–Kier alpha value is -2.19. The van der Waals surface area contributed by atoms with Gasteiger partial charge in [0.1, 0.15) is 12.2 Å². The Kier molecular flexibility index (Phi) is 4.39. The number of benzene rings is 1. The Morgan fingerprint density at radius 1 is 1.43 bits per heavy atom. The van der Waals surface area contributed by atoms with Crippen LogP contribution >= 0.6 is 0 Å². The molecule has 0 saturated carbocycles. The van der Waals surface area contributed by atoms with Gasteiger partial charge in [0.2, 0.25) is 0 Å². The summed E-state index contributed by atoms with van der Waals surface area (Å²) in [7, 11) is 0. The molecule has 0 saturated heterocycles. The van der Waals surface area contributed by atoms with Crippen LogP contribution in [-0.2, 0) is 18.6 Å². The van der Waals surface area contributed by atoms with E-state index in [4.69, 9.17) is 5.26 Å². The molecule has 2 aromatic rings. The second-order valence-electron chi connectivity index (χ2n) is 5.90. The third kappa shape index (κ3) is 3.67. The van der Waals surface area contributed by atoms with Crippen LogP contribution in [0.25, 0.3) is 0 Å². The molecule has 0 amide bonds. The van der Waals surface area contributed by atoms with Gasteiger partial charge in [-0.2, -0.15) is 10.4 Å². The first-order valence-electron chi connectivity index (χ1n) is 7.02. The SMILES string of the molecule is CC(C)Cn1ncnc1CC(C)(O)c1cccc(C#N)c1. The van der Waals surface area contributed by atoms with Gasteiger partial charge in [-0.1, -0.05) is 26.0 Å². The highest BCUT2D eigenvalue weighted by Gasteiger charge is 2.26. The minimum absolute atomic E-state index is 0.356. The lowest BCUT2D eigenvalue weighted by atomic mass is 9.91. The maximum absolute atomic E-state index is 10.7. The van der Waals surface area contributed by atoms with Gasteiger partial charge < -0.3 is 5.11 Å². The minimum atomic E-state index is -1.09. The molecule has 0 radical (unpaired) electrons. The highest BCUT2D eigenvalue weighted by molar-refractivity contribution is 5.35. The van der Waals surface area contributed by atoms with E-state index in [-0.39, 0.29) is 0 Å². The van der Waals surface area contributed by atoms with Crippen LogP contribution in [0.5, 0.6) is 0 Å². The molecular formula is C16H20N4O. The molecule has 0 bridgehead atoms. The van der Waals surface area contributed by atoms with Crippen LogP contribution in [-0.4, -0.2) is 19.9 Å². The van der Waals surface area contributed by atoms with Gasteiger partial charge in [0.15, 0.2) is 0 Å². The van der Waals surface area contributed by atoms with Crippen molar-refractivity contribution in [3.8, 4) is 6.07 Å². The van der Waals surface area contributed by atoms with Crippen molar-refractivity contribution in [3.63, 3.8) is 0 Å². The number of hydrogen-bond donors (Lipinski definition) is 1. The lowest BCUT2D eigenvalue weighted by molar-refractivity contribution is 0.0540. The van der Waals surface area contributed by atoms with E-state index < -0.39 is 5.60 Å². The number of rotatable bonds is 5. The summed E-state index contributed by atoms with van der Waals surface area (Å²) >= 11 is 0. The molecule has 21 heavy (non-hydrogen) atoms. The number of aromatic nitrogens is 3. The second kappa shape index (κ2) is 6.06. The molecule has 5 nitrogen and oxygen atoms in total. The van der Waals surface area contributed by atoms with Crippen LogP contribution in [0.3, 0.4) is 0 Å². The fraction of sp³-hybridized carbons (Fsp3) is 0.438. The monoisotopic (exact) mass is 284 g/mol. The Morgan fingerprint density at radius 2 is 2.19 bits per heavy atom. The summed E-state index contributed by atoms with van der Waals surface area (Å²) in [6.45, 7) is 6.72. The van der Waals surface area contributed by atoms with Crippen molar-refractivity contribution in [2.24, 2.45) is 5.92 Å². The molecule has 1 aromatic carbocycles. The third-order valence-electron chi connectivity index (χ3n) is 3.35. The van der Waals surface area contributed by atoms with Crippen LogP contribution in [0.2, 0.25) is 0 Å². The molecule has 1 N–H and O–H groups in total. The van der Waals surface area contributed by atoms with Gasteiger partial charge in [-0.05, 0) is 30.5 Å². The van der Waals surface area contributed by atoms with E-state index in [0.717, 1.165) is 12.4 Å². The molecule has 1 atom stereocenters. The molecule has 0 aliphatic heterocycles. The smallest absolute Gasteiger partial charge is 0.138 e. The molecule has 0 fully saturated rings. The van der Waals surface area contributed by atoms with E-state index in [1.165, 1.54) is 6.33 Å². The molecule has 2 rings (SSSR count). The highest BCUT2D eigenvalue weighted by atomic mass is 16.3. The first-order valence-corrected chi connectivity index (χ1v) is 7.02. The summed E-state index contributed by atoms with van der Waals surface area (Å²) in [5.74, 6) is 1.20. The third-order valence-corrected chi connectivity index (χ3v) is 3.35. The lowest BCUT2D eigenvalue weighted by Gasteiger charge is -2.24. The average Bonchev–Trinajstić information content (AvgIpc) is 2.84. The van der Waals surface area contributed by atoms with Gasteiger partial charge in [-0.15, -0.1) is 0 Å². The first kappa shape index (κ1) is 15.2. The van der Waals surface area contributed by atoms with E-state index in [9.17, 15) is 5.11 Å². The Morgan fingerprint density at radius 3 is 2.86 bits per heavy atom.